The first kappa shape index (κ1) is 7.11. The van der Waals surface area contributed by atoms with Crippen LogP contribution in [0, 0.1) is 0 Å². The number of hydrogen-bond acceptors (Lipinski definition) is 0. The number of benzene rings is 2. The zero-order valence-corrected chi connectivity index (χ0v) is 6.77. The van der Waals surface area contributed by atoms with Crippen LogP contribution in [0.4, 0.5) is 0 Å². The van der Waals surface area contributed by atoms with Crippen LogP contribution in [0.1, 0.15) is 1.43 Å². The molecule has 0 spiro atoms. The van der Waals surface area contributed by atoms with Gasteiger partial charge in [0, 0.05) is 1.43 Å². The summed E-state index contributed by atoms with van der Waals surface area (Å²) in [6.45, 7) is 0. The zero-order valence-electron chi connectivity index (χ0n) is 6.77. The second kappa shape index (κ2) is 3.22. The lowest BCUT2D eigenvalue weighted by Gasteiger charge is -1.98. The second-order valence-electron chi connectivity index (χ2n) is 2.73. The van der Waals surface area contributed by atoms with Crippen molar-refractivity contribution in [1.82, 2.24) is 0 Å². The average molecular weight is 156 g/mol. The number of rotatable bonds is 1. The fourth-order valence-corrected chi connectivity index (χ4v) is 1.26. The van der Waals surface area contributed by atoms with Crippen LogP contribution in [0.5, 0.6) is 0 Å². The molecule has 2 aromatic carbocycles. The minimum atomic E-state index is 0. The van der Waals surface area contributed by atoms with Crippen molar-refractivity contribution >= 4 is 0 Å². The van der Waals surface area contributed by atoms with Crippen LogP contribution >= 0.6 is 0 Å². The SMILES string of the molecule is [HH].c1ccc(-c2ccccc2)cc1. The van der Waals surface area contributed by atoms with Crippen molar-refractivity contribution in [2.75, 3.05) is 0 Å². The Kier molecular flexibility index (Phi) is 1.91. The third-order valence-corrected chi connectivity index (χ3v) is 1.88. The molecule has 0 aliphatic rings. The van der Waals surface area contributed by atoms with E-state index in [1.165, 1.54) is 11.1 Å². The van der Waals surface area contributed by atoms with Gasteiger partial charge in [-0.25, -0.2) is 0 Å². The predicted molar refractivity (Wildman–Crippen MR) is 54.0 cm³/mol. The van der Waals surface area contributed by atoms with Crippen LogP contribution in [0.15, 0.2) is 60.7 Å². The summed E-state index contributed by atoms with van der Waals surface area (Å²) >= 11 is 0. The highest BCUT2D eigenvalue weighted by Gasteiger charge is 1.91. The molecule has 60 valence electrons. The molecule has 0 atom stereocenters. The van der Waals surface area contributed by atoms with Crippen LogP contribution < -0.4 is 0 Å². The maximum atomic E-state index is 2.12. The molecule has 0 aliphatic heterocycles. The molecule has 0 nitrogen and oxygen atoms in total. The van der Waals surface area contributed by atoms with Gasteiger partial charge < -0.3 is 0 Å². The Balaban J connectivity index is 0.000000845. The fourth-order valence-electron chi connectivity index (χ4n) is 1.26. The molecule has 2 rings (SSSR count). The average Bonchev–Trinajstić information content (AvgIpc) is 2.21. The van der Waals surface area contributed by atoms with Crippen molar-refractivity contribution in [2.45, 2.75) is 0 Å². The first-order chi connectivity index (χ1) is 5.97. The topological polar surface area (TPSA) is 0 Å². The highest BCUT2D eigenvalue weighted by molar-refractivity contribution is 5.62. The van der Waals surface area contributed by atoms with Crippen molar-refractivity contribution in [1.29, 1.82) is 0 Å². The van der Waals surface area contributed by atoms with Gasteiger partial charge in [-0.05, 0) is 11.1 Å². The molecular weight excluding hydrogens is 144 g/mol. The Morgan fingerprint density at radius 3 is 1.17 bits per heavy atom. The lowest BCUT2D eigenvalue weighted by atomic mass is 10.1. The van der Waals surface area contributed by atoms with E-state index < -0.39 is 0 Å². The number of hydrogen-bond donors (Lipinski definition) is 0. The van der Waals surface area contributed by atoms with E-state index in [0.717, 1.165) is 0 Å². The summed E-state index contributed by atoms with van der Waals surface area (Å²) in [6, 6.07) is 20.8. The standard InChI is InChI=1S/C12H10.H2/c1-3-7-11(8-4-1)12-9-5-2-6-10-12;/h1-10H;1H. The molecule has 0 bridgehead atoms. The molecule has 0 radical (unpaired) electrons. The molecule has 0 saturated heterocycles. The zero-order chi connectivity index (χ0) is 8.23. The van der Waals surface area contributed by atoms with Crippen molar-refractivity contribution in [3.8, 4) is 11.1 Å². The van der Waals surface area contributed by atoms with Crippen LogP contribution in [-0.4, -0.2) is 0 Å². The van der Waals surface area contributed by atoms with Crippen molar-refractivity contribution in [3.05, 3.63) is 60.7 Å². The molecule has 2 aromatic rings. The fraction of sp³-hybridized carbons (Fsp3) is 0. The predicted octanol–water partition coefficient (Wildman–Crippen LogP) is 3.60. The molecule has 0 fully saturated rings. The van der Waals surface area contributed by atoms with E-state index in [1.807, 2.05) is 12.1 Å². The molecule has 0 aliphatic carbocycles. The van der Waals surface area contributed by atoms with Gasteiger partial charge in [0.25, 0.3) is 0 Å². The van der Waals surface area contributed by atoms with Crippen molar-refractivity contribution in [2.24, 2.45) is 0 Å². The summed E-state index contributed by atoms with van der Waals surface area (Å²) in [6.07, 6.45) is 0. The van der Waals surface area contributed by atoms with Gasteiger partial charge in [0.15, 0.2) is 0 Å². The largest absolute Gasteiger partial charge is 0.0622 e. The molecule has 0 unspecified atom stereocenters. The van der Waals surface area contributed by atoms with Gasteiger partial charge in [-0.1, -0.05) is 60.7 Å². The molecule has 0 aromatic heterocycles. The van der Waals surface area contributed by atoms with Crippen LogP contribution in [0.25, 0.3) is 11.1 Å². The Morgan fingerprint density at radius 2 is 0.833 bits per heavy atom. The molecular formula is C12H12. The van der Waals surface area contributed by atoms with Crippen molar-refractivity contribution < 1.29 is 1.43 Å². The monoisotopic (exact) mass is 156 g/mol. The van der Waals surface area contributed by atoms with Crippen LogP contribution in [-0.2, 0) is 0 Å². The first-order valence-electron chi connectivity index (χ1n) is 4.07. The first-order valence-corrected chi connectivity index (χ1v) is 4.07. The smallest absolute Gasteiger partial charge is 0 e. The molecule has 0 N–H and O–H groups in total. The van der Waals surface area contributed by atoms with E-state index in [0.29, 0.717) is 0 Å². The van der Waals surface area contributed by atoms with Crippen LogP contribution in [0.2, 0.25) is 0 Å². The lowest BCUT2D eigenvalue weighted by Crippen LogP contribution is -1.73. The highest BCUT2D eigenvalue weighted by Crippen LogP contribution is 2.17. The van der Waals surface area contributed by atoms with E-state index in [1.54, 1.807) is 0 Å². The third-order valence-electron chi connectivity index (χ3n) is 1.88. The second-order valence-corrected chi connectivity index (χ2v) is 2.73. The van der Waals surface area contributed by atoms with Gasteiger partial charge in [-0.15, -0.1) is 0 Å². The van der Waals surface area contributed by atoms with Crippen LogP contribution in [0.3, 0.4) is 0 Å². The van der Waals surface area contributed by atoms with E-state index >= 15 is 0 Å². The van der Waals surface area contributed by atoms with Gasteiger partial charge in [-0.3, -0.25) is 0 Å². The summed E-state index contributed by atoms with van der Waals surface area (Å²) in [4.78, 5) is 0. The summed E-state index contributed by atoms with van der Waals surface area (Å²) in [5, 5.41) is 0. The molecule has 0 heterocycles. The van der Waals surface area contributed by atoms with Gasteiger partial charge in [0.05, 0.1) is 0 Å². The maximum Gasteiger partial charge on any atom is 0 e. The quantitative estimate of drug-likeness (QED) is 0.591. The van der Waals surface area contributed by atoms with Gasteiger partial charge >= 0.3 is 0 Å². The minimum absolute atomic E-state index is 0. The molecule has 12 heavy (non-hydrogen) atoms. The summed E-state index contributed by atoms with van der Waals surface area (Å²) in [5.41, 5.74) is 2.55. The van der Waals surface area contributed by atoms with E-state index in [-0.39, 0.29) is 1.43 Å². The minimum Gasteiger partial charge on any atom is -0.0622 e. The summed E-state index contributed by atoms with van der Waals surface area (Å²) in [7, 11) is 0. The van der Waals surface area contributed by atoms with Gasteiger partial charge in [-0.2, -0.15) is 0 Å². The van der Waals surface area contributed by atoms with E-state index in [4.69, 9.17) is 0 Å². The van der Waals surface area contributed by atoms with Gasteiger partial charge in [0.2, 0.25) is 0 Å². The maximum absolute atomic E-state index is 2.12. The Hall–Kier alpha value is -1.56. The lowest BCUT2D eigenvalue weighted by molar-refractivity contribution is 1.62. The Morgan fingerprint density at radius 1 is 0.500 bits per heavy atom. The Bertz CT molecular complexity index is 303. The third kappa shape index (κ3) is 1.37. The Labute approximate surface area is 74.0 Å². The molecule has 0 amide bonds. The molecule has 0 heteroatoms. The van der Waals surface area contributed by atoms with Crippen molar-refractivity contribution in [3.63, 3.8) is 0 Å². The van der Waals surface area contributed by atoms with E-state index in [9.17, 15) is 0 Å². The highest BCUT2D eigenvalue weighted by atomic mass is 14.0. The van der Waals surface area contributed by atoms with E-state index in [2.05, 4.69) is 48.5 Å². The van der Waals surface area contributed by atoms with Gasteiger partial charge in [0.1, 0.15) is 0 Å². The summed E-state index contributed by atoms with van der Waals surface area (Å²) in [5.74, 6) is 0. The summed E-state index contributed by atoms with van der Waals surface area (Å²) < 4.78 is 0. The normalized spacial score (nSPS) is 9.67. The molecule has 0 saturated carbocycles.